The molecule has 2 heterocycles. The minimum atomic E-state index is -3.80. The SMILES string of the molecule is Cc1ccc(C=Cc2onc(C)c2S(=O)(=O)N2CCC(C(=O)NCCc3ccccc3)CC2)cc1. The molecule has 7 nitrogen and oxygen atoms in total. The highest BCUT2D eigenvalue weighted by Gasteiger charge is 2.35. The molecule has 0 aliphatic carbocycles. The number of carbonyl (C=O) groups is 1. The third-order valence-corrected chi connectivity index (χ3v) is 8.37. The van der Waals surface area contributed by atoms with Crippen LogP contribution in [0.4, 0.5) is 0 Å². The Morgan fingerprint density at radius 1 is 1.06 bits per heavy atom. The summed E-state index contributed by atoms with van der Waals surface area (Å²) in [5.74, 6) is 0.00593. The monoisotopic (exact) mass is 493 g/mol. The summed E-state index contributed by atoms with van der Waals surface area (Å²) in [5, 5.41) is 6.90. The van der Waals surface area contributed by atoms with Gasteiger partial charge < -0.3 is 9.84 Å². The van der Waals surface area contributed by atoms with Crippen LogP contribution in [0.2, 0.25) is 0 Å². The molecule has 0 spiro atoms. The summed E-state index contributed by atoms with van der Waals surface area (Å²) >= 11 is 0. The summed E-state index contributed by atoms with van der Waals surface area (Å²) in [5.41, 5.74) is 3.58. The van der Waals surface area contributed by atoms with E-state index in [0.717, 1.165) is 17.5 Å². The van der Waals surface area contributed by atoms with Crippen LogP contribution in [0.5, 0.6) is 0 Å². The maximum atomic E-state index is 13.4. The quantitative estimate of drug-likeness (QED) is 0.507. The fraction of sp³-hybridized carbons (Fsp3) is 0.333. The van der Waals surface area contributed by atoms with Gasteiger partial charge in [0.15, 0.2) is 10.7 Å². The van der Waals surface area contributed by atoms with Gasteiger partial charge in [-0.25, -0.2) is 8.42 Å². The predicted molar refractivity (Wildman–Crippen MR) is 136 cm³/mol. The van der Waals surface area contributed by atoms with E-state index in [1.54, 1.807) is 13.0 Å². The van der Waals surface area contributed by atoms with Crippen molar-refractivity contribution in [2.45, 2.75) is 38.0 Å². The first kappa shape index (κ1) is 24.9. The summed E-state index contributed by atoms with van der Waals surface area (Å²) in [6, 6.07) is 17.9. The highest BCUT2D eigenvalue weighted by atomic mass is 32.2. The number of amides is 1. The molecular formula is C27H31N3O4S. The van der Waals surface area contributed by atoms with Crippen molar-refractivity contribution in [3.8, 4) is 0 Å². The summed E-state index contributed by atoms with van der Waals surface area (Å²) < 4.78 is 33.7. The lowest BCUT2D eigenvalue weighted by Crippen LogP contribution is -2.43. The van der Waals surface area contributed by atoms with Crippen LogP contribution in [0.25, 0.3) is 12.2 Å². The van der Waals surface area contributed by atoms with E-state index in [9.17, 15) is 13.2 Å². The van der Waals surface area contributed by atoms with E-state index in [4.69, 9.17) is 4.52 Å². The number of rotatable bonds is 8. The molecular weight excluding hydrogens is 462 g/mol. The molecule has 0 bridgehead atoms. The molecule has 8 heteroatoms. The van der Waals surface area contributed by atoms with Gasteiger partial charge in [0.1, 0.15) is 5.69 Å². The lowest BCUT2D eigenvalue weighted by atomic mass is 9.97. The van der Waals surface area contributed by atoms with Gasteiger partial charge >= 0.3 is 0 Å². The molecule has 1 N–H and O–H groups in total. The fourth-order valence-electron chi connectivity index (χ4n) is 4.25. The van der Waals surface area contributed by atoms with Gasteiger partial charge in [-0.3, -0.25) is 4.79 Å². The summed E-state index contributed by atoms with van der Waals surface area (Å²) in [6.45, 7) is 4.77. The Hall–Kier alpha value is -3.23. The van der Waals surface area contributed by atoms with Crippen molar-refractivity contribution >= 4 is 28.1 Å². The van der Waals surface area contributed by atoms with E-state index in [1.165, 1.54) is 9.87 Å². The largest absolute Gasteiger partial charge is 0.356 e. The number of nitrogens with one attached hydrogen (secondary N) is 1. The van der Waals surface area contributed by atoms with Crippen molar-refractivity contribution in [2.24, 2.45) is 5.92 Å². The third kappa shape index (κ3) is 6.07. The first-order chi connectivity index (χ1) is 16.8. The van der Waals surface area contributed by atoms with Crippen molar-refractivity contribution in [2.75, 3.05) is 19.6 Å². The molecule has 1 aromatic heterocycles. The Morgan fingerprint density at radius 2 is 1.74 bits per heavy atom. The normalized spacial score (nSPS) is 15.5. The Kier molecular flexibility index (Phi) is 7.83. The van der Waals surface area contributed by atoms with Gasteiger partial charge in [0.2, 0.25) is 15.9 Å². The van der Waals surface area contributed by atoms with Crippen molar-refractivity contribution in [1.29, 1.82) is 0 Å². The van der Waals surface area contributed by atoms with E-state index in [2.05, 4.69) is 10.5 Å². The first-order valence-electron chi connectivity index (χ1n) is 11.9. The van der Waals surface area contributed by atoms with Crippen LogP contribution in [0, 0.1) is 19.8 Å². The Labute approximate surface area is 206 Å². The molecule has 184 valence electrons. The zero-order valence-electron chi connectivity index (χ0n) is 20.1. The molecule has 1 aliphatic rings. The number of hydrogen-bond donors (Lipinski definition) is 1. The molecule has 4 rings (SSSR count). The van der Waals surface area contributed by atoms with E-state index in [1.807, 2.05) is 67.6 Å². The number of aromatic nitrogens is 1. The lowest BCUT2D eigenvalue weighted by molar-refractivity contribution is -0.126. The zero-order chi connectivity index (χ0) is 24.8. The molecule has 3 aromatic rings. The summed E-state index contributed by atoms with van der Waals surface area (Å²) in [4.78, 5) is 12.7. The van der Waals surface area contributed by atoms with Gasteiger partial charge in [-0.05, 0) is 50.3 Å². The maximum Gasteiger partial charge on any atom is 0.248 e. The standard InChI is InChI=1S/C27H31N3O4S/c1-20-8-10-23(11-9-20)12-13-25-26(21(2)29-34-25)35(32,33)30-18-15-24(16-19-30)27(31)28-17-14-22-6-4-3-5-7-22/h3-13,24H,14-19H2,1-2H3,(H,28,31). The van der Waals surface area contributed by atoms with Crippen molar-refractivity contribution in [1.82, 2.24) is 14.8 Å². The maximum absolute atomic E-state index is 13.4. The number of benzene rings is 2. The number of nitrogens with zero attached hydrogens (tertiary/aromatic N) is 2. The average molecular weight is 494 g/mol. The first-order valence-corrected chi connectivity index (χ1v) is 13.3. The zero-order valence-corrected chi connectivity index (χ0v) is 20.9. The van der Waals surface area contributed by atoms with Crippen molar-refractivity contribution < 1.29 is 17.7 Å². The van der Waals surface area contributed by atoms with Crippen LogP contribution in [-0.4, -0.2) is 43.4 Å². The summed E-state index contributed by atoms with van der Waals surface area (Å²) in [6.07, 6.45) is 5.19. The van der Waals surface area contributed by atoms with Crippen LogP contribution >= 0.6 is 0 Å². The van der Waals surface area contributed by atoms with Crippen LogP contribution in [0.15, 0.2) is 64.0 Å². The molecule has 35 heavy (non-hydrogen) atoms. The molecule has 2 aromatic carbocycles. The minimum absolute atomic E-state index is 0.0131. The topological polar surface area (TPSA) is 92.5 Å². The van der Waals surface area contributed by atoms with E-state index in [-0.39, 0.29) is 35.6 Å². The molecule has 0 atom stereocenters. The molecule has 1 aliphatic heterocycles. The average Bonchev–Trinajstić information content (AvgIpc) is 3.25. The third-order valence-electron chi connectivity index (χ3n) is 6.32. The highest BCUT2D eigenvalue weighted by molar-refractivity contribution is 7.89. The Morgan fingerprint density at radius 3 is 2.43 bits per heavy atom. The van der Waals surface area contributed by atoms with Gasteiger partial charge in [-0.15, -0.1) is 0 Å². The van der Waals surface area contributed by atoms with E-state index in [0.29, 0.717) is 25.1 Å². The predicted octanol–water partition coefficient (Wildman–Crippen LogP) is 4.22. The van der Waals surface area contributed by atoms with Gasteiger partial charge in [0, 0.05) is 25.6 Å². The molecule has 0 unspecified atom stereocenters. The van der Waals surface area contributed by atoms with Gasteiger partial charge in [-0.2, -0.15) is 4.31 Å². The molecule has 0 radical (unpaired) electrons. The van der Waals surface area contributed by atoms with Crippen molar-refractivity contribution in [3.05, 3.63) is 82.7 Å². The smallest absolute Gasteiger partial charge is 0.248 e. The fourth-order valence-corrected chi connectivity index (χ4v) is 5.97. The lowest BCUT2D eigenvalue weighted by Gasteiger charge is -2.30. The molecule has 1 saturated heterocycles. The summed E-state index contributed by atoms with van der Waals surface area (Å²) in [7, 11) is -3.80. The number of hydrogen-bond acceptors (Lipinski definition) is 5. The second-order valence-electron chi connectivity index (χ2n) is 8.91. The molecule has 1 amide bonds. The Bertz CT molecular complexity index is 1270. The molecule has 0 saturated carbocycles. The van der Waals surface area contributed by atoms with E-state index < -0.39 is 10.0 Å². The highest BCUT2D eigenvalue weighted by Crippen LogP contribution is 2.29. The van der Waals surface area contributed by atoms with Gasteiger partial charge in [0.25, 0.3) is 0 Å². The number of aryl methyl sites for hydroxylation is 2. The van der Waals surface area contributed by atoms with Crippen LogP contribution in [0.3, 0.4) is 0 Å². The number of piperidine rings is 1. The van der Waals surface area contributed by atoms with Gasteiger partial charge in [0.05, 0.1) is 0 Å². The second kappa shape index (κ2) is 11.0. The van der Waals surface area contributed by atoms with Crippen LogP contribution in [0.1, 0.15) is 41.0 Å². The molecule has 1 fully saturated rings. The second-order valence-corrected chi connectivity index (χ2v) is 10.8. The number of carbonyl (C=O) groups excluding carboxylic acids is 1. The number of sulfonamides is 1. The van der Waals surface area contributed by atoms with Crippen molar-refractivity contribution in [3.63, 3.8) is 0 Å². The van der Waals surface area contributed by atoms with Gasteiger partial charge in [-0.1, -0.05) is 71.4 Å². The minimum Gasteiger partial charge on any atom is -0.356 e. The van der Waals surface area contributed by atoms with Crippen LogP contribution < -0.4 is 5.32 Å². The van der Waals surface area contributed by atoms with E-state index >= 15 is 0 Å². The Balaban J connectivity index is 1.37. The van der Waals surface area contributed by atoms with Crippen LogP contribution in [-0.2, 0) is 21.2 Å².